The van der Waals surface area contributed by atoms with E-state index in [0.29, 0.717) is 5.92 Å². The number of aromatic nitrogens is 1. The number of hydrogen-bond acceptors (Lipinski definition) is 4. The Hall–Kier alpha value is -0.940. The number of nitrogens with two attached hydrogens (primary N) is 1. The summed E-state index contributed by atoms with van der Waals surface area (Å²) in [4.78, 5) is 19.0. The van der Waals surface area contributed by atoms with E-state index in [2.05, 4.69) is 11.9 Å². The van der Waals surface area contributed by atoms with Crippen LogP contribution in [0, 0.1) is 12.8 Å². The van der Waals surface area contributed by atoms with E-state index in [1.165, 1.54) is 11.3 Å². The van der Waals surface area contributed by atoms with Crippen LogP contribution < -0.4 is 5.73 Å². The smallest absolute Gasteiger partial charge is 0.265 e. The maximum absolute atomic E-state index is 12.2. The van der Waals surface area contributed by atoms with E-state index in [-0.39, 0.29) is 11.9 Å². The lowest BCUT2D eigenvalue weighted by atomic mass is 9.90. The first-order chi connectivity index (χ1) is 8.11. The van der Waals surface area contributed by atoms with Crippen LogP contribution in [-0.4, -0.2) is 34.9 Å². The number of hydrogen-bond donors (Lipinski definition) is 1. The minimum atomic E-state index is 0.112. The molecule has 0 radical (unpaired) electrons. The van der Waals surface area contributed by atoms with Gasteiger partial charge in [0.1, 0.15) is 4.88 Å². The maximum Gasteiger partial charge on any atom is 0.265 e. The van der Waals surface area contributed by atoms with Gasteiger partial charge in [-0.2, -0.15) is 0 Å². The van der Waals surface area contributed by atoms with Gasteiger partial charge in [-0.15, -0.1) is 11.3 Å². The monoisotopic (exact) mass is 253 g/mol. The zero-order valence-corrected chi connectivity index (χ0v) is 11.2. The van der Waals surface area contributed by atoms with Crippen molar-refractivity contribution in [1.82, 2.24) is 9.88 Å². The molecule has 2 atom stereocenters. The average molecular weight is 253 g/mol. The minimum Gasteiger partial charge on any atom is -0.338 e. The Balaban J connectivity index is 2.05. The Bertz CT molecular complexity index is 404. The molecule has 2 rings (SSSR count). The lowest BCUT2D eigenvalue weighted by Crippen LogP contribution is -2.48. The summed E-state index contributed by atoms with van der Waals surface area (Å²) in [7, 11) is 0. The molecule has 4 nitrogen and oxygen atoms in total. The molecule has 2 N–H and O–H groups in total. The van der Waals surface area contributed by atoms with Crippen LogP contribution in [0.3, 0.4) is 0 Å². The topological polar surface area (TPSA) is 59.2 Å². The summed E-state index contributed by atoms with van der Waals surface area (Å²) in [5.41, 5.74) is 6.05. The van der Waals surface area contributed by atoms with Gasteiger partial charge in [0.15, 0.2) is 0 Å². The second kappa shape index (κ2) is 5.14. The molecule has 0 bridgehead atoms. The molecule has 1 aromatic rings. The molecule has 0 saturated carbocycles. The molecule has 1 aliphatic heterocycles. The Labute approximate surface area is 106 Å². The van der Waals surface area contributed by atoms with Crippen LogP contribution in [0.1, 0.15) is 34.4 Å². The summed E-state index contributed by atoms with van der Waals surface area (Å²) in [6.07, 6.45) is 3.62. The molecule has 1 aromatic heterocycles. The van der Waals surface area contributed by atoms with Crippen LogP contribution in [-0.2, 0) is 0 Å². The van der Waals surface area contributed by atoms with Crippen molar-refractivity contribution in [3.8, 4) is 0 Å². The summed E-state index contributed by atoms with van der Waals surface area (Å²) in [6.45, 7) is 5.61. The molecule has 2 unspecified atom stereocenters. The second-order valence-corrected chi connectivity index (χ2v) is 5.85. The van der Waals surface area contributed by atoms with Gasteiger partial charge in [-0.25, -0.2) is 4.98 Å². The Morgan fingerprint density at radius 2 is 2.47 bits per heavy atom. The van der Waals surface area contributed by atoms with Gasteiger partial charge in [0, 0.05) is 19.1 Å². The number of likely N-dealkylation sites (tertiary alicyclic amines) is 1. The number of carbonyl (C=O) groups excluding carboxylic acids is 1. The molecule has 1 saturated heterocycles. The lowest BCUT2D eigenvalue weighted by molar-refractivity contribution is 0.0654. The zero-order valence-electron chi connectivity index (χ0n) is 10.3. The second-order valence-electron chi connectivity index (χ2n) is 4.62. The van der Waals surface area contributed by atoms with Crippen molar-refractivity contribution >= 4 is 17.2 Å². The van der Waals surface area contributed by atoms with Gasteiger partial charge < -0.3 is 10.6 Å². The molecule has 17 heavy (non-hydrogen) atoms. The number of thiazole rings is 1. The first-order valence-corrected chi connectivity index (χ1v) is 6.90. The van der Waals surface area contributed by atoms with Gasteiger partial charge in [-0.1, -0.05) is 13.3 Å². The molecule has 1 aliphatic rings. The predicted octanol–water partition coefficient (Wildman–Crippen LogP) is 1.65. The fraction of sp³-hybridized carbons (Fsp3) is 0.667. The molecule has 0 spiro atoms. The average Bonchev–Trinajstić information content (AvgIpc) is 2.75. The van der Waals surface area contributed by atoms with Crippen molar-refractivity contribution in [3.05, 3.63) is 16.1 Å². The van der Waals surface area contributed by atoms with E-state index in [1.807, 2.05) is 11.8 Å². The van der Waals surface area contributed by atoms with E-state index < -0.39 is 0 Å². The van der Waals surface area contributed by atoms with Crippen LogP contribution in [0.25, 0.3) is 0 Å². The number of aryl methyl sites for hydroxylation is 1. The molecule has 1 fully saturated rings. The Morgan fingerprint density at radius 3 is 3.06 bits per heavy atom. The largest absolute Gasteiger partial charge is 0.338 e. The van der Waals surface area contributed by atoms with Crippen molar-refractivity contribution in [3.63, 3.8) is 0 Å². The van der Waals surface area contributed by atoms with Crippen molar-refractivity contribution in [2.24, 2.45) is 11.7 Å². The summed E-state index contributed by atoms with van der Waals surface area (Å²) in [5, 5.41) is 0.939. The summed E-state index contributed by atoms with van der Waals surface area (Å²) in [5.74, 6) is 0.544. The maximum atomic E-state index is 12.2. The first-order valence-electron chi connectivity index (χ1n) is 6.09. The summed E-state index contributed by atoms with van der Waals surface area (Å²) < 4.78 is 0. The van der Waals surface area contributed by atoms with Crippen LogP contribution >= 0.6 is 11.3 Å². The van der Waals surface area contributed by atoms with E-state index in [4.69, 9.17) is 5.73 Å². The third kappa shape index (κ3) is 2.66. The van der Waals surface area contributed by atoms with Gasteiger partial charge in [0.2, 0.25) is 0 Å². The number of carbonyl (C=O) groups is 1. The SMILES string of the molecule is CCC1CN(C(=O)c2cnc(C)s2)CCC1N. The van der Waals surface area contributed by atoms with Crippen molar-refractivity contribution in [1.29, 1.82) is 0 Å². The lowest BCUT2D eigenvalue weighted by Gasteiger charge is -2.36. The van der Waals surface area contributed by atoms with Gasteiger partial charge in [0.25, 0.3) is 5.91 Å². The third-order valence-corrected chi connectivity index (χ3v) is 4.34. The molecular formula is C12H19N3OS. The van der Waals surface area contributed by atoms with Crippen LogP contribution in [0.15, 0.2) is 6.20 Å². The van der Waals surface area contributed by atoms with Crippen LogP contribution in [0.5, 0.6) is 0 Å². The molecule has 2 heterocycles. The van der Waals surface area contributed by atoms with Crippen molar-refractivity contribution in [2.45, 2.75) is 32.7 Å². The van der Waals surface area contributed by atoms with Crippen molar-refractivity contribution < 1.29 is 4.79 Å². The fourth-order valence-corrected chi connectivity index (χ4v) is 3.03. The van der Waals surface area contributed by atoms with Gasteiger partial charge >= 0.3 is 0 Å². The third-order valence-electron chi connectivity index (χ3n) is 3.44. The van der Waals surface area contributed by atoms with E-state index >= 15 is 0 Å². The van der Waals surface area contributed by atoms with Crippen LogP contribution in [0.4, 0.5) is 0 Å². The number of amides is 1. The zero-order chi connectivity index (χ0) is 12.4. The highest BCUT2D eigenvalue weighted by molar-refractivity contribution is 7.13. The highest BCUT2D eigenvalue weighted by Crippen LogP contribution is 2.22. The standard InChI is InChI=1S/C12H19N3OS/c1-3-9-7-15(5-4-10(9)13)12(16)11-6-14-8(2)17-11/h6,9-10H,3-5,7,13H2,1-2H3. The molecular weight excluding hydrogens is 234 g/mol. The van der Waals surface area contributed by atoms with E-state index in [1.54, 1.807) is 6.20 Å². The predicted molar refractivity (Wildman–Crippen MR) is 69.1 cm³/mol. The molecule has 94 valence electrons. The number of piperidine rings is 1. The first kappa shape index (κ1) is 12.5. The van der Waals surface area contributed by atoms with Crippen molar-refractivity contribution in [2.75, 3.05) is 13.1 Å². The summed E-state index contributed by atoms with van der Waals surface area (Å²) >= 11 is 1.47. The highest BCUT2D eigenvalue weighted by atomic mass is 32.1. The van der Waals surface area contributed by atoms with E-state index in [9.17, 15) is 4.79 Å². The summed E-state index contributed by atoms with van der Waals surface area (Å²) in [6, 6.07) is 0.243. The normalized spacial score (nSPS) is 25.0. The highest BCUT2D eigenvalue weighted by Gasteiger charge is 2.29. The number of rotatable bonds is 2. The molecule has 0 aromatic carbocycles. The van der Waals surface area contributed by atoms with Gasteiger partial charge in [-0.05, 0) is 19.3 Å². The molecule has 1 amide bonds. The number of nitrogens with zero attached hydrogens (tertiary/aromatic N) is 2. The minimum absolute atomic E-state index is 0.112. The Kier molecular flexibility index (Phi) is 3.79. The molecule has 0 aliphatic carbocycles. The van der Waals surface area contributed by atoms with E-state index in [0.717, 1.165) is 35.8 Å². The van der Waals surface area contributed by atoms with Crippen LogP contribution in [0.2, 0.25) is 0 Å². The quantitative estimate of drug-likeness (QED) is 0.872. The Morgan fingerprint density at radius 1 is 1.71 bits per heavy atom. The fourth-order valence-electron chi connectivity index (χ4n) is 2.28. The van der Waals surface area contributed by atoms with Gasteiger partial charge in [0.05, 0.1) is 11.2 Å². The molecule has 5 heteroatoms. The van der Waals surface area contributed by atoms with Gasteiger partial charge in [-0.3, -0.25) is 4.79 Å².